The van der Waals surface area contributed by atoms with E-state index in [1.807, 2.05) is 5.38 Å². The Morgan fingerprint density at radius 2 is 2.21 bits per heavy atom. The zero-order chi connectivity index (χ0) is 13.8. The Balaban J connectivity index is 2.08. The number of nitrogen functional groups attached to an aromatic ring is 1. The molecule has 3 nitrogen and oxygen atoms in total. The molecular weight excluding hydrogens is 280 g/mol. The Morgan fingerprint density at radius 1 is 1.42 bits per heavy atom. The van der Waals surface area contributed by atoms with Crippen LogP contribution in [0.4, 0.5) is 5.69 Å². The maximum absolute atomic E-state index is 12.1. The zero-order valence-corrected chi connectivity index (χ0v) is 12.1. The van der Waals surface area contributed by atoms with Crippen LogP contribution in [-0.4, -0.2) is 5.91 Å². The Bertz CT molecular complexity index is 595. The van der Waals surface area contributed by atoms with Gasteiger partial charge in [-0.3, -0.25) is 4.79 Å². The van der Waals surface area contributed by atoms with Crippen molar-refractivity contribution in [2.75, 3.05) is 5.73 Å². The molecule has 0 aliphatic rings. The van der Waals surface area contributed by atoms with E-state index in [4.69, 9.17) is 17.3 Å². The van der Waals surface area contributed by atoms with Crippen molar-refractivity contribution in [1.29, 1.82) is 0 Å². The van der Waals surface area contributed by atoms with Crippen molar-refractivity contribution in [2.24, 2.45) is 0 Å². The summed E-state index contributed by atoms with van der Waals surface area (Å²) in [5, 5.41) is 5.31. The molecule has 1 aromatic carbocycles. The second-order valence-corrected chi connectivity index (χ2v) is 5.51. The van der Waals surface area contributed by atoms with Gasteiger partial charge >= 0.3 is 0 Å². The molecule has 0 radical (unpaired) electrons. The topological polar surface area (TPSA) is 55.1 Å². The molecule has 1 heterocycles. The number of hydrogen-bond acceptors (Lipinski definition) is 3. The monoisotopic (exact) mass is 294 g/mol. The van der Waals surface area contributed by atoms with Crippen molar-refractivity contribution in [3.63, 3.8) is 0 Å². The molecule has 2 rings (SSSR count). The summed E-state index contributed by atoms with van der Waals surface area (Å²) < 4.78 is 0. The highest BCUT2D eigenvalue weighted by molar-refractivity contribution is 7.10. The third-order valence-corrected chi connectivity index (χ3v) is 4.22. The van der Waals surface area contributed by atoms with Gasteiger partial charge in [-0.05, 0) is 35.6 Å². The van der Waals surface area contributed by atoms with Gasteiger partial charge in [0.15, 0.2) is 0 Å². The molecular formula is C14H15ClN2OS. The molecule has 0 aliphatic heterocycles. The van der Waals surface area contributed by atoms with Gasteiger partial charge in [0.05, 0.1) is 22.8 Å². The van der Waals surface area contributed by atoms with Crippen molar-refractivity contribution < 1.29 is 4.79 Å². The molecule has 0 bridgehead atoms. The first-order chi connectivity index (χ1) is 9.13. The highest BCUT2D eigenvalue weighted by Crippen LogP contribution is 2.22. The van der Waals surface area contributed by atoms with E-state index in [9.17, 15) is 4.79 Å². The average molecular weight is 295 g/mol. The van der Waals surface area contributed by atoms with Crippen molar-refractivity contribution in [2.45, 2.75) is 19.9 Å². The number of aryl methyl sites for hydroxylation is 1. The standard InChI is InChI=1S/C14H15ClN2OS/c1-2-9-6-7-19-12(9)8-17-14(18)10-4-3-5-11(15)13(10)16/h3-7H,2,8,16H2,1H3,(H,17,18). The van der Waals surface area contributed by atoms with Crippen LogP contribution in [0.5, 0.6) is 0 Å². The van der Waals surface area contributed by atoms with Crippen LogP contribution in [0, 0.1) is 0 Å². The molecule has 0 fully saturated rings. The number of anilines is 1. The van der Waals surface area contributed by atoms with E-state index in [2.05, 4.69) is 18.3 Å². The SMILES string of the molecule is CCc1ccsc1CNC(=O)c1cccc(Cl)c1N. The molecule has 0 unspecified atom stereocenters. The van der Waals surface area contributed by atoms with Crippen LogP contribution >= 0.6 is 22.9 Å². The summed E-state index contributed by atoms with van der Waals surface area (Å²) in [6.07, 6.45) is 0.966. The summed E-state index contributed by atoms with van der Waals surface area (Å²) in [6.45, 7) is 2.62. The first-order valence-electron chi connectivity index (χ1n) is 6.01. The number of halogens is 1. The van der Waals surface area contributed by atoms with Crippen LogP contribution in [0.1, 0.15) is 27.7 Å². The number of carbonyl (C=O) groups excluding carboxylic acids is 1. The maximum atomic E-state index is 12.1. The van der Waals surface area contributed by atoms with Crippen LogP contribution in [0.3, 0.4) is 0 Å². The summed E-state index contributed by atoms with van der Waals surface area (Å²) in [5.74, 6) is -0.199. The van der Waals surface area contributed by atoms with Crippen LogP contribution in [0.2, 0.25) is 5.02 Å². The molecule has 100 valence electrons. The lowest BCUT2D eigenvalue weighted by atomic mass is 10.1. The minimum absolute atomic E-state index is 0.199. The summed E-state index contributed by atoms with van der Waals surface area (Å²) in [6, 6.07) is 7.14. The van der Waals surface area contributed by atoms with Crippen molar-refractivity contribution in [1.82, 2.24) is 5.32 Å². The molecule has 19 heavy (non-hydrogen) atoms. The summed E-state index contributed by atoms with van der Waals surface area (Å²) in [7, 11) is 0. The van der Waals surface area contributed by atoms with E-state index in [-0.39, 0.29) is 5.91 Å². The Morgan fingerprint density at radius 3 is 2.95 bits per heavy atom. The van der Waals surface area contributed by atoms with E-state index < -0.39 is 0 Å². The Labute approximate surface area is 121 Å². The largest absolute Gasteiger partial charge is 0.397 e. The van der Waals surface area contributed by atoms with E-state index in [1.54, 1.807) is 29.5 Å². The van der Waals surface area contributed by atoms with Crippen LogP contribution in [0.15, 0.2) is 29.6 Å². The lowest BCUT2D eigenvalue weighted by molar-refractivity contribution is 0.0952. The second kappa shape index (κ2) is 6.08. The fourth-order valence-corrected chi connectivity index (χ4v) is 2.92. The van der Waals surface area contributed by atoms with Gasteiger partial charge in [-0.1, -0.05) is 24.6 Å². The smallest absolute Gasteiger partial charge is 0.253 e. The molecule has 1 amide bonds. The minimum atomic E-state index is -0.199. The number of carbonyl (C=O) groups is 1. The van der Waals surface area contributed by atoms with Crippen molar-refractivity contribution >= 4 is 34.5 Å². The lowest BCUT2D eigenvalue weighted by Crippen LogP contribution is -2.23. The minimum Gasteiger partial charge on any atom is -0.397 e. The molecule has 0 aliphatic carbocycles. The Hall–Kier alpha value is -1.52. The molecule has 0 atom stereocenters. The summed E-state index contributed by atoms with van der Waals surface area (Å²) in [5.41, 5.74) is 7.81. The van der Waals surface area contributed by atoms with Gasteiger partial charge in [0.1, 0.15) is 0 Å². The quantitative estimate of drug-likeness (QED) is 0.848. The van der Waals surface area contributed by atoms with Crippen molar-refractivity contribution in [3.8, 4) is 0 Å². The molecule has 0 saturated heterocycles. The number of amides is 1. The van der Waals surface area contributed by atoms with E-state index >= 15 is 0 Å². The van der Waals surface area contributed by atoms with Gasteiger partial charge in [-0.2, -0.15) is 0 Å². The summed E-state index contributed by atoms with van der Waals surface area (Å²) in [4.78, 5) is 13.2. The Kier molecular flexibility index (Phi) is 4.45. The molecule has 2 aromatic rings. The number of nitrogens with two attached hydrogens (primary N) is 1. The normalized spacial score (nSPS) is 10.4. The van der Waals surface area contributed by atoms with E-state index in [0.29, 0.717) is 22.8 Å². The first-order valence-corrected chi connectivity index (χ1v) is 7.26. The number of rotatable bonds is 4. The number of benzene rings is 1. The predicted molar refractivity (Wildman–Crippen MR) is 80.7 cm³/mol. The van der Waals surface area contributed by atoms with Crippen LogP contribution < -0.4 is 11.1 Å². The number of thiophene rings is 1. The lowest BCUT2D eigenvalue weighted by Gasteiger charge is -2.08. The van der Waals surface area contributed by atoms with Crippen molar-refractivity contribution in [3.05, 3.63) is 50.7 Å². The zero-order valence-electron chi connectivity index (χ0n) is 10.6. The molecule has 1 aromatic heterocycles. The van der Waals surface area contributed by atoms with Crippen LogP contribution in [-0.2, 0) is 13.0 Å². The number of nitrogens with one attached hydrogen (secondary N) is 1. The fourth-order valence-electron chi connectivity index (χ4n) is 1.83. The molecule has 5 heteroatoms. The molecule has 3 N–H and O–H groups in total. The van der Waals surface area contributed by atoms with E-state index in [1.165, 1.54) is 10.4 Å². The fraction of sp³-hybridized carbons (Fsp3) is 0.214. The van der Waals surface area contributed by atoms with Gasteiger partial charge in [0.25, 0.3) is 5.91 Å². The van der Waals surface area contributed by atoms with Gasteiger partial charge in [0.2, 0.25) is 0 Å². The second-order valence-electron chi connectivity index (χ2n) is 4.11. The summed E-state index contributed by atoms with van der Waals surface area (Å²) >= 11 is 7.55. The maximum Gasteiger partial charge on any atom is 0.253 e. The molecule has 0 saturated carbocycles. The third kappa shape index (κ3) is 3.08. The van der Waals surface area contributed by atoms with Gasteiger partial charge < -0.3 is 11.1 Å². The molecule has 0 spiro atoms. The van der Waals surface area contributed by atoms with Crippen LogP contribution in [0.25, 0.3) is 0 Å². The number of para-hydroxylation sites is 1. The first kappa shape index (κ1) is 13.9. The highest BCUT2D eigenvalue weighted by atomic mass is 35.5. The van der Waals surface area contributed by atoms with E-state index in [0.717, 1.165) is 6.42 Å². The number of hydrogen-bond donors (Lipinski definition) is 2. The predicted octanol–water partition coefficient (Wildman–Crippen LogP) is 3.48. The van der Waals surface area contributed by atoms with Gasteiger partial charge in [0, 0.05) is 4.88 Å². The van der Waals surface area contributed by atoms with Gasteiger partial charge in [-0.25, -0.2) is 0 Å². The average Bonchev–Trinajstić information content (AvgIpc) is 2.86. The highest BCUT2D eigenvalue weighted by Gasteiger charge is 2.12. The third-order valence-electron chi connectivity index (χ3n) is 2.93. The van der Waals surface area contributed by atoms with Gasteiger partial charge in [-0.15, -0.1) is 11.3 Å².